The Morgan fingerprint density at radius 2 is 1.75 bits per heavy atom. The van der Waals surface area contributed by atoms with Gasteiger partial charge in [-0.1, -0.05) is 67.8 Å². The van der Waals surface area contributed by atoms with Crippen LogP contribution in [0.4, 0.5) is 0 Å². The van der Waals surface area contributed by atoms with Gasteiger partial charge in [-0.3, -0.25) is 14.4 Å². The van der Waals surface area contributed by atoms with Crippen LogP contribution in [-0.2, 0) is 25.7 Å². The quantitative estimate of drug-likeness (QED) is 0.313. The fourth-order valence-corrected chi connectivity index (χ4v) is 6.30. The Hall–Kier alpha value is -2.39. The maximum Gasteiger partial charge on any atom is 0.309 e. The topological polar surface area (TPSA) is 100 Å². The van der Waals surface area contributed by atoms with Crippen molar-refractivity contribution >= 4 is 34.5 Å². The number of hydrogen-bond acceptors (Lipinski definition) is 6. The van der Waals surface area contributed by atoms with E-state index in [-0.39, 0.29) is 23.8 Å². The minimum absolute atomic E-state index is 0.0890. The number of ketones is 1. The van der Waals surface area contributed by atoms with Gasteiger partial charge in [-0.15, -0.1) is 5.10 Å². The molecule has 2 N–H and O–H groups in total. The van der Waals surface area contributed by atoms with E-state index in [1.807, 2.05) is 18.2 Å². The number of amidine groups is 1. The molecule has 3 fully saturated rings. The molecule has 0 spiro atoms. The number of thioether (sulfide) groups is 1. The van der Waals surface area contributed by atoms with E-state index in [2.05, 4.69) is 39.8 Å². The van der Waals surface area contributed by atoms with Gasteiger partial charge >= 0.3 is 5.91 Å². The fourth-order valence-electron chi connectivity index (χ4n) is 5.21. The summed E-state index contributed by atoms with van der Waals surface area (Å²) < 4.78 is 5.46. The van der Waals surface area contributed by atoms with Crippen molar-refractivity contribution in [3.05, 3.63) is 35.9 Å². The third-order valence-corrected chi connectivity index (χ3v) is 8.68. The van der Waals surface area contributed by atoms with Gasteiger partial charge in [0.25, 0.3) is 0 Å². The molecule has 9 heteroatoms. The van der Waals surface area contributed by atoms with Crippen molar-refractivity contribution in [2.24, 2.45) is 16.9 Å². The van der Waals surface area contributed by atoms with Crippen molar-refractivity contribution < 1.29 is 19.1 Å². The number of nitrogens with one attached hydrogen (secondary N) is 2. The Morgan fingerprint density at radius 1 is 1.06 bits per heavy atom. The average Bonchev–Trinajstić information content (AvgIpc) is 3.09. The molecule has 3 aliphatic rings. The zero-order valence-electron chi connectivity index (χ0n) is 21.1. The Balaban J connectivity index is 1.42. The molecular weight excluding hydrogens is 476 g/mol. The Morgan fingerprint density at radius 3 is 2.44 bits per heavy atom. The summed E-state index contributed by atoms with van der Waals surface area (Å²) in [6.07, 6.45) is 7.31. The van der Waals surface area contributed by atoms with Crippen molar-refractivity contribution in [3.63, 3.8) is 0 Å². The van der Waals surface area contributed by atoms with Gasteiger partial charge in [-0.2, -0.15) is 0 Å². The third-order valence-electron chi connectivity index (χ3n) is 7.45. The highest BCUT2D eigenvalue weighted by Gasteiger charge is 2.36. The molecule has 1 saturated carbocycles. The van der Waals surface area contributed by atoms with Crippen LogP contribution in [0.5, 0.6) is 0 Å². The lowest BCUT2D eigenvalue weighted by Crippen LogP contribution is -2.53. The van der Waals surface area contributed by atoms with Gasteiger partial charge in [0.05, 0.1) is 0 Å². The maximum atomic E-state index is 13.3. The van der Waals surface area contributed by atoms with E-state index in [0.717, 1.165) is 49.8 Å². The lowest BCUT2D eigenvalue weighted by molar-refractivity contribution is -0.142. The van der Waals surface area contributed by atoms with Crippen molar-refractivity contribution in [2.75, 3.05) is 19.0 Å². The number of Topliss-reactive ketones (excluding diaryl/α,β-unsaturated/α-hetero) is 1. The van der Waals surface area contributed by atoms with Crippen LogP contribution in [0.25, 0.3) is 0 Å². The van der Waals surface area contributed by atoms with E-state index in [1.165, 1.54) is 0 Å². The van der Waals surface area contributed by atoms with Crippen molar-refractivity contribution in [1.29, 1.82) is 0 Å². The minimum atomic E-state index is -0.847. The first kappa shape index (κ1) is 26.7. The highest BCUT2D eigenvalue weighted by molar-refractivity contribution is 8.14. The Bertz CT molecular complexity index is 927. The molecule has 1 aliphatic carbocycles. The van der Waals surface area contributed by atoms with Gasteiger partial charge in [-0.05, 0) is 44.1 Å². The molecule has 196 valence electrons. The molecule has 0 bridgehead atoms. The van der Waals surface area contributed by atoms with Crippen LogP contribution in [0.3, 0.4) is 0 Å². The van der Waals surface area contributed by atoms with Gasteiger partial charge < -0.3 is 15.0 Å². The van der Waals surface area contributed by atoms with E-state index < -0.39 is 17.7 Å². The summed E-state index contributed by atoms with van der Waals surface area (Å²) in [5.41, 5.74) is 3.65. The highest BCUT2D eigenvalue weighted by atomic mass is 32.2. The molecule has 0 radical (unpaired) electrons. The van der Waals surface area contributed by atoms with Crippen LogP contribution < -0.4 is 10.7 Å². The summed E-state index contributed by atoms with van der Waals surface area (Å²) in [6, 6.07) is 9.52. The molecular formula is C27H38N4O4S. The summed E-state index contributed by atoms with van der Waals surface area (Å²) in [7, 11) is 0. The van der Waals surface area contributed by atoms with Crippen molar-refractivity contribution in [3.8, 4) is 0 Å². The Kier molecular flexibility index (Phi) is 9.81. The second-order valence-corrected chi connectivity index (χ2v) is 11.1. The predicted octanol–water partition coefficient (Wildman–Crippen LogP) is 3.46. The van der Waals surface area contributed by atoms with Crippen LogP contribution in [0, 0.1) is 11.8 Å². The molecule has 1 aromatic carbocycles. The van der Waals surface area contributed by atoms with Gasteiger partial charge in [0, 0.05) is 37.5 Å². The number of nitrogens with zero attached hydrogens (tertiary/aromatic N) is 2. The summed E-state index contributed by atoms with van der Waals surface area (Å²) in [5, 5.41) is 7.99. The molecule has 8 nitrogen and oxygen atoms in total. The molecule has 2 aliphatic heterocycles. The molecule has 0 unspecified atom stereocenters. The zero-order chi connectivity index (χ0) is 25.3. The number of hydrogen-bond donors (Lipinski definition) is 2. The summed E-state index contributed by atoms with van der Waals surface area (Å²) >= 11 is 1.56. The fraction of sp³-hybridized carbons (Fsp3) is 0.630. The third kappa shape index (κ3) is 7.09. The van der Waals surface area contributed by atoms with Crippen LogP contribution in [0.2, 0.25) is 0 Å². The first-order chi connectivity index (χ1) is 17.5. The van der Waals surface area contributed by atoms with Gasteiger partial charge in [0.15, 0.2) is 5.17 Å². The van der Waals surface area contributed by atoms with Crippen molar-refractivity contribution in [1.82, 2.24) is 15.6 Å². The maximum absolute atomic E-state index is 13.3. The summed E-state index contributed by atoms with van der Waals surface area (Å²) in [4.78, 5) is 41.5. The number of amides is 2. The number of carbonyl (C=O) groups is 3. The molecule has 2 heterocycles. The number of hydrazone groups is 1. The molecule has 2 atom stereocenters. The standard InChI is InChI=1S/C27H38N4O4S/c1-19-18-36-27(31(19)17-20-9-5-4-6-10-20)30-29-26(34)24(32)23(21-13-15-35-16-14-21)28-25(33)22-11-7-2-3-8-12-22/h4-6,9-10,19,21-23H,2-3,7-8,11-18H2,1H3,(H,28,33)(H,29,34)/b30-27-/t19-,23+/m0/s1. The van der Waals surface area contributed by atoms with Crippen molar-refractivity contribution in [2.45, 2.75) is 76.9 Å². The molecule has 2 amide bonds. The van der Waals surface area contributed by atoms with Gasteiger partial charge in [0.2, 0.25) is 11.7 Å². The summed E-state index contributed by atoms with van der Waals surface area (Å²) in [5.74, 6) is -0.852. The molecule has 36 heavy (non-hydrogen) atoms. The average molecular weight is 515 g/mol. The lowest BCUT2D eigenvalue weighted by atomic mass is 9.87. The number of benzene rings is 1. The van der Waals surface area contributed by atoms with E-state index >= 15 is 0 Å². The second kappa shape index (κ2) is 13.2. The molecule has 1 aromatic rings. The largest absolute Gasteiger partial charge is 0.381 e. The van der Waals surface area contributed by atoms with E-state index in [0.29, 0.717) is 37.8 Å². The first-order valence-electron chi connectivity index (χ1n) is 13.3. The van der Waals surface area contributed by atoms with Gasteiger partial charge in [0.1, 0.15) is 6.04 Å². The van der Waals surface area contributed by atoms with Gasteiger partial charge in [-0.25, -0.2) is 5.43 Å². The molecule has 4 rings (SSSR count). The number of rotatable bonds is 8. The van der Waals surface area contributed by atoms with E-state index in [9.17, 15) is 14.4 Å². The predicted molar refractivity (Wildman–Crippen MR) is 141 cm³/mol. The van der Waals surface area contributed by atoms with Crippen LogP contribution in [0.15, 0.2) is 35.4 Å². The summed E-state index contributed by atoms with van der Waals surface area (Å²) in [6.45, 7) is 3.86. The van der Waals surface area contributed by atoms with Crippen LogP contribution in [-0.4, -0.2) is 58.7 Å². The first-order valence-corrected chi connectivity index (χ1v) is 14.2. The molecule has 2 saturated heterocycles. The number of carbonyl (C=O) groups excluding carboxylic acids is 3. The van der Waals surface area contributed by atoms with Crippen LogP contribution in [0.1, 0.15) is 63.9 Å². The second-order valence-electron chi connectivity index (χ2n) is 10.1. The smallest absolute Gasteiger partial charge is 0.309 e. The zero-order valence-corrected chi connectivity index (χ0v) is 21.9. The van der Waals surface area contributed by atoms with E-state index in [1.54, 1.807) is 11.8 Å². The van der Waals surface area contributed by atoms with Crippen LogP contribution >= 0.6 is 11.8 Å². The van der Waals surface area contributed by atoms with E-state index in [4.69, 9.17) is 4.74 Å². The SMILES string of the molecule is C[C@H]1CS/C(=N\NC(=O)C(=O)[C@H](NC(=O)C2CCCCCC2)C2CCOCC2)N1Cc1ccccc1. The lowest BCUT2D eigenvalue weighted by Gasteiger charge is -2.30. The highest BCUT2D eigenvalue weighted by Crippen LogP contribution is 2.27. The minimum Gasteiger partial charge on any atom is -0.381 e. The normalized spacial score (nSPS) is 23.8. The molecule has 0 aromatic heterocycles. The number of ether oxygens (including phenoxy) is 1. The monoisotopic (exact) mass is 514 g/mol. The Labute approximate surface area is 218 Å².